The smallest absolute Gasteiger partial charge is 0.193 e. The minimum absolute atomic E-state index is 0.112. The third-order valence-corrected chi connectivity index (χ3v) is 6.78. The van der Waals surface area contributed by atoms with Crippen molar-refractivity contribution < 1.29 is 0 Å². The highest BCUT2D eigenvalue weighted by atomic mass is 16.1. The number of allylic oxidation sites excluding steroid dienone is 1. The van der Waals surface area contributed by atoms with E-state index in [1.165, 1.54) is 5.56 Å². The molecule has 35 heavy (non-hydrogen) atoms. The van der Waals surface area contributed by atoms with Gasteiger partial charge in [0.2, 0.25) is 0 Å². The standard InChI is InChI=1S/C29H35N5O/c1-6-25(16-30-4)33-13-9-10-26(20-33)34(17-23-14-21(2)31-22(3)15-23)19-24-18-32(5)28-12-8-7-11-27(28)29(24)35/h6-8,11-12,14-16,18,26H,1,4,9-10,13,17,19-20H2,2-3,5H3/b25-16+/t26-/m0/s1. The summed E-state index contributed by atoms with van der Waals surface area (Å²) < 4.78 is 2.06. The van der Waals surface area contributed by atoms with Crippen molar-refractivity contribution in [2.24, 2.45) is 12.0 Å². The summed E-state index contributed by atoms with van der Waals surface area (Å²) in [5, 5.41) is 0.766. The first-order valence-electron chi connectivity index (χ1n) is 12.2. The van der Waals surface area contributed by atoms with Gasteiger partial charge in [-0.05, 0) is 69.3 Å². The van der Waals surface area contributed by atoms with Crippen molar-refractivity contribution in [2.75, 3.05) is 13.1 Å². The first-order chi connectivity index (χ1) is 16.9. The number of benzene rings is 1. The van der Waals surface area contributed by atoms with Gasteiger partial charge in [-0.1, -0.05) is 18.7 Å². The van der Waals surface area contributed by atoms with Crippen molar-refractivity contribution >= 4 is 17.6 Å². The Morgan fingerprint density at radius 2 is 1.97 bits per heavy atom. The zero-order chi connectivity index (χ0) is 24.9. The van der Waals surface area contributed by atoms with Crippen LogP contribution in [-0.2, 0) is 20.1 Å². The van der Waals surface area contributed by atoms with Crippen molar-refractivity contribution in [1.29, 1.82) is 0 Å². The average molecular weight is 470 g/mol. The first kappa shape index (κ1) is 24.6. The number of aromatic nitrogens is 2. The summed E-state index contributed by atoms with van der Waals surface area (Å²) in [6.45, 7) is 14.8. The molecule has 1 aliphatic heterocycles. The van der Waals surface area contributed by atoms with E-state index in [0.717, 1.165) is 66.0 Å². The van der Waals surface area contributed by atoms with Crippen LogP contribution in [0.1, 0.15) is 35.4 Å². The van der Waals surface area contributed by atoms with Crippen molar-refractivity contribution in [2.45, 2.75) is 45.8 Å². The molecule has 0 saturated carbocycles. The van der Waals surface area contributed by atoms with Crippen LogP contribution in [0.3, 0.4) is 0 Å². The molecule has 3 aromatic rings. The predicted molar refractivity (Wildman–Crippen MR) is 145 cm³/mol. The molecule has 1 aromatic carbocycles. The van der Waals surface area contributed by atoms with E-state index in [0.29, 0.717) is 6.54 Å². The van der Waals surface area contributed by atoms with E-state index >= 15 is 0 Å². The maximum absolute atomic E-state index is 13.5. The Balaban J connectivity index is 1.71. The van der Waals surface area contributed by atoms with Gasteiger partial charge in [0.05, 0.1) is 11.2 Å². The van der Waals surface area contributed by atoms with Crippen LogP contribution in [0.4, 0.5) is 0 Å². The number of hydrogen-bond donors (Lipinski definition) is 0. The number of rotatable bonds is 8. The van der Waals surface area contributed by atoms with Crippen LogP contribution < -0.4 is 5.43 Å². The van der Waals surface area contributed by atoms with Crippen LogP contribution >= 0.6 is 0 Å². The second kappa shape index (κ2) is 10.8. The summed E-state index contributed by atoms with van der Waals surface area (Å²) in [6, 6.07) is 12.4. The minimum Gasteiger partial charge on any atom is -0.369 e. The summed E-state index contributed by atoms with van der Waals surface area (Å²) in [4.78, 5) is 26.8. The Hall–Kier alpha value is -3.51. The molecular weight excluding hydrogens is 434 g/mol. The normalized spacial score (nSPS) is 16.6. The Labute approximate surface area is 207 Å². The highest BCUT2D eigenvalue weighted by Crippen LogP contribution is 2.24. The van der Waals surface area contributed by atoms with Crippen LogP contribution in [-0.4, -0.2) is 45.2 Å². The Morgan fingerprint density at radius 3 is 2.69 bits per heavy atom. The van der Waals surface area contributed by atoms with E-state index < -0.39 is 0 Å². The van der Waals surface area contributed by atoms with Gasteiger partial charge >= 0.3 is 0 Å². The number of nitrogens with zero attached hydrogens (tertiary/aromatic N) is 5. The molecule has 2 aromatic heterocycles. The fourth-order valence-electron chi connectivity index (χ4n) is 5.24. The molecule has 0 bridgehead atoms. The molecule has 1 saturated heterocycles. The number of likely N-dealkylation sites (tertiary alicyclic amines) is 1. The highest BCUT2D eigenvalue weighted by Gasteiger charge is 2.27. The van der Waals surface area contributed by atoms with Crippen LogP contribution in [0.15, 0.2) is 76.9 Å². The molecule has 0 unspecified atom stereocenters. The third-order valence-electron chi connectivity index (χ3n) is 6.78. The number of piperidine rings is 1. The number of fused-ring (bicyclic) bond motifs is 1. The predicted octanol–water partition coefficient (Wildman–Crippen LogP) is 4.74. The van der Waals surface area contributed by atoms with Gasteiger partial charge < -0.3 is 9.47 Å². The van der Waals surface area contributed by atoms with E-state index in [1.807, 2.05) is 57.4 Å². The zero-order valence-electron chi connectivity index (χ0n) is 21.1. The van der Waals surface area contributed by atoms with Crippen LogP contribution in [0.5, 0.6) is 0 Å². The zero-order valence-corrected chi connectivity index (χ0v) is 21.1. The van der Waals surface area contributed by atoms with Crippen molar-refractivity contribution in [3.05, 3.63) is 99.9 Å². The summed E-state index contributed by atoms with van der Waals surface area (Å²) >= 11 is 0. The highest BCUT2D eigenvalue weighted by molar-refractivity contribution is 5.79. The summed E-state index contributed by atoms with van der Waals surface area (Å²) in [6.07, 6.45) is 7.75. The fraction of sp³-hybridized carbons (Fsp3) is 0.345. The molecule has 1 aliphatic rings. The Kier molecular flexibility index (Phi) is 7.61. The van der Waals surface area contributed by atoms with Gasteiger partial charge in [0, 0.05) is 74.0 Å². The molecule has 6 nitrogen and oxygen atoms in total. The second-order valence-corrected chi connectivity index (χ2v) is 9.46. The number of para-hydroxylation sites is 1. The molecule has 6 heteroatoms. The number of aliphatic imine (C=N–C) groups is 1. The molecule has 0 N–H and O–H groups in total. The second-order valence-electron chi connectivity index (χ2n) is 9.46. The van der Waals surface area contributed by atoms with Gasteiger partial charge in [-0.3, -0.25) is 19.7 Å². The van der Waals surface area contributed by atoms with E-state index in [9.17, 15) is 4.79 Å². The van der Waals surface area contributed by atoms with Crippen LogP contribution in [0.2, 0.25) is 0 Å². The van der Waals surface area contributed by atoms with E-state index in [1.54, 1.807) is 6.20 Å². The Bertz CT molecular complexity index is 1300. The minimum atomic E-state index is 0.112. The monoisotopic (exact) mass is 469 g/mol. The third kappa shape index (κ3) is 5.60. The van der Waals surface area contributed by atoms with E-state index in [-0.39, 0.29) is 11.5 Å². The first-order valence-corrected chi connectivity index (χ1v) is 12.2. The van der Waals surface area contributed by atoms with Gasteiger partial charge in [-0.15, -0.1) is 0 Å². The SMILES string of the molecule is C=C/C(=C\N=C)N1CCC[C@H](N(Cc2cc(C)nc(C)c2)Cc2cn(C)c3ccccc3c2=O)C1. The van der Waals surface area contributed by atoms with Gasteiger partial charge in [-0.2, -0.15) is 0 Å². The molecule has 0 radical (unpaired) electrons. The van der Waals surface area contributed by atoms with Gasteiger partial charge in [-0.25, -0.2) is 0 Å². The van der Waals surface area contributed by atoms with Crippen molar-refractivity contribution in [3.8, 4) is 0 Å². The topological polar surface area (TPSA) is 53.7 Å². The summed E-state index contributed by atoms with van der Waals surface area (Å²) in [5.41, 5.74) is 6.12. The van der Waals surface area contributed by atoms with Crippen LogP contribution in [0.25, 0.3) is 10.9 Å². The maximum atomic E-state index is 13.5. The maximum Gasteiger partial charge on any atom is 0.193 e. The van der Waals surface area contributed by atoms with Gasteiger partial charge in [0.1, 0.15) is 0 Å². The molecule has 1 fully saturated rings. The molecule has 1 atom stereocenters. The molecule has 3 heterocycles. The average Bonchev–Trinajstić information content (AvgIpc) is 2.84. The molecular formula is C29H35N5O. The lowest BCUT2D eigenvalue weighted by Gasteiger charge is -2.40. The summed E-state index contributed by atoms with van der Waals surface area (Å²) in [5.74, 6) is 0. The van der Waals surface area contributed by atoms with E-state index in [2.05, 4.69) is 49.8 Å². The number of pyridine rings is 2. The van der Waals surface area contributed by atoms with Crippen molar-refractivity contribution in [3.63, 3.8) is 0 Å². The van der Waals surface area contributed by atoms with Gasteiger partial charge in [0.15, 0.2) is 5.43 Å². The van der Waals surface area contributed by atoms with E-state index in [4.69, 9.17) is 0 Å². The fourth-order valence-corrected chi connectivity index (χ4v) is 5.24. The number of aryl methyl sites for hydroxylation is 3. The largest absolute Gasteiger partial charge is 0.369 e. The quantitative estimate of drug-likeness (QED) is 0.353. The molecule has 0 aliphatic carbocycles. The molecule has 0 spiro atoms. The molecule has 0 amide bonds. The molecule has 4 rings (SSSR count). The van der Waals surface area contributed by atoms with Crippen molar-refractivity contribution in [1.82, 2.24) is 19.4 Å². The molecule has 182 valence electrons. The lowest BCUT2D eigenvalue weighted by atomic mass is 10.0. The Morgan fingerprint density at radius 1 is 1.23 bits per heavy atom. The lowest BCUT2D eigenvalue weighted by molar-refractivity contribution is 0.104. The number of hydrogen-bond acceptors (Lipinski definition) is 5. The summed E-state index contributed by atoms with van der Waals surface area (Å²) in [7, 11) is 2.01. The van der Waals surface area contributed by atoms with Crippen LogP contribution in [0, 0.1) is 13.8 Å². The van der Waals surface area contributed by atoms with Gasteiger partial charge in [0.25, 0.3) is 0 Å². The lowest BCUT2D eigenvalue weighted by Crippen LogP contribution is -2.47.